The number of rotatable bonds is 2. The maximum Gasteiger partial charge on any atom is 0.206 e. The van der Waals surface area contributed by atoms with Gasteiger partial charge in [-0.15, -0.1) is 0 Å². The Labute approximate surface area is 135 Å². The van der Waals surface area contributed by atoms with E-state index in [9.17, 15) is 8.42 Å². The van der Waals surface area contributed by atoms with Gasteiger partial charge in [0.25, 0.3) is 0 Å². The highest BCUT2D eigenvalue weighted by Gasteiger charge is 2.15. The van der Waals surface area contributed by atoms with Gasteiger partial charge in [-0.25, -0.2) is 8.42 Å². The fourth-order valence-corrected chi connectivity index (χ4v) is 3.11. The zero-order chi connectivity index (χ0) is 16.7. The minimum Gasteiger partial charge on any atom is -0.508 e. The Hall–Kier alpha value is -2.79. The zero-order valence-corrected chi connectivity index (χ0v) is 13.1. The van der Waals surface area contributed by atoms with E-state index in [4.69, 9.17) is 10.8 Å². The number of hydrogen-bond acceptors (Lipinski definition) is 4. The summed E-state index contributed by atoms with van der Waals surface area (Å²) in [5.74, 6) is 0.249. The predicted molar refractivity (Wildman–Crippen MR) is 90.9 cm³/mol. The van der Waals surface area contributed by atoms with Gasteiger partial charge in [0.2, 0.25) is 9.84 Å². The molecule has 23 heavy (non-hydrogen) atoms. The highest BCUT2D eigenvalue weighted by molar-refractivity contribution is 7.91. The molecule has 3 aromatic carbocycles. The van der Waals surface area contributed by atoms with Crippen LogP contribution in [0.15, 0.2) is 94.7 Å². The van der Waals surface area contributed by atoms with Crippen LogP contribution in [-0.2, 0) is 9.84 Å². The molecular weight excluding hydrogens is 310 g/mol. The predicted octanol–water partition coefficient (Wildman–Crippen LogP) is 3.49. The second-order valence-electron chi connectivity index (χ2n) is 4.72. The van der Waals surface area contributed by atoms with Crippen molar-refractivity contribution in [3.05, 3.63) is 84.9 Å². The number of nitrogens with two attached hydrogens (primary N) is 1. The summed E-state index contributed by atoms with van der Waals surface area (Å²) in [6.45, 7) is 0. The highest BCUT2D eigenvalue weighted by Crippen LogP contribution is 2.19. The Morgan fingerprint density at radius 2 is 1.04 bits per heavy atom. The molecule has 0 aliphatic carbocycles. The van der Waals surface area contributed by atoms with Gasteiger partial charge in [0.05, 0.1) is 9.79 Å². The average Bonchev–Trinajstić information content (AvgIpc) is 2.60. The van der Waals surface area contributed by atoms with E-state index in [1.165, 1.54) is 0 Å². The number of sulfone groups is 1. The normalized spacial score (nSPS) is 10.4. The van der Waals surface area contributed by atoms with Gasteiger partial charge >= 0.3 is 0 Å². The molecule has 0 atom stereocenters. The van der Waals surface area contributed by atoms with Crippen molar-refractivity contribution in [1.82, 2.24) is 0 Å². The molecular formula is C18H17NO3S. The van der Waals surface area contributed by atoms with Gasteiger partial charge in [-0.2, -0.15) is 0 Å². The lowest BCUT2D eigenvalue weighted by atomic mass is 10.3. The van der Waals surface area contributed by atoms with Crippen LogP contribution in [0.2, 0.25) is 0 Å². The van der Waals surface area contributed by atoms with Crippen molar-refractivity contribution in [2.24, 2.45) is 0 Å². The standard InChI is InChI=1S/C12H10O2S.C6H7NO/c13-15(14,11-7-3-1-4-8-11)12-9-5-2-6-10-12;7-5-1-3-6(8)4-2-5/h1-10H;1-4,8H,7H2. The Morgan fingerprint density at radius 1 is 0.652 bits per heavy atom. The highest BCUT2D eigenvalue weighted by atomic mass is 32.2. The number of phenols is 1. The first-order valence-corrected chi connectivity index (χ1v) is 8.38. The Balaban J connectivity index is 0.000000203. The van der Waals surface area contributed by atoms with Gasteiger partial charge in [0.1, 0.15) is 5.75 Å². The molecule has 0 bridgehead atoms. The van der Waals surface area contributed by atoms with Crippen molar-refractivity contribution >= 4 is 15.5 Å². The van der Waals surface area contributed by atoms with Crippen LogP contribution in [0.1, 0.15) is 0 Å². The monoisotopic (exact) mass is 327 g/mol. The number of nitrogen functional groups attached to an aromatic ring is 1. The summed E-state index contributed by atoms with van der Waals surface area (Å²) < 4.78 is 24.1. The molecule has 5 heteroatoms. The van der Waals surface area contributed by atoms with Crippen LogP contribution >= 0.6 is 0 Å². The molecule has 0 saturated heterocycles. The summed E-state index contributed by atoms with van der Waals surface area (Å²) >= 11 is 0. The van der Waals surface area contributed by atoms with Crippen LogP contribution in [0.25, 0.3) is 0 Å². The molecule has 0 saturated carbocycles. The van der Waals surface area contributed by atoms with Crippen molar-refractivity contribution in [3.8, 4) is 5.75 Å². The van der Waals surface area contributed by atoms with Gasteiger partial charge in [0, 0.05) is 5.69 Å². The molecule has 3 aromatic rings. The summed E-state index contributed by atoms with van der Waals surface area (Å²) in [6.07, 6.45) is 0. The molecule has 0 aromatic heterocycles. The van der Waals surface area contributed by atoms with E-state index in [-0.39, 0.29) is 5.75 Å². The second-order valence-corrected chi connectivity index (χ2v) is 6.67. The topological polar surface area (TPSA) is 80.4 Å². The molecule has 0 fully saturated rings. The summed E-state index contributed by atoms with van der Waals surface area (Å²) in [5, 5.41) is 8.70. The van der Waals surface area contributed by atoms with E-state index in [2.05, 4.69) is 0 Å². The van der Waals surface area contributed by atoms with Crippen molar-refractivity contribution in [1.29, 1.82) is 0 Å². The molecule has 118 valence electrons. The lowest BCUT2D eigenvalue weighted by Crippen LogP contribution is -2.00. The lowest BCUT2D eigenvalue weighted by molar-refractivity contribution is 0.475. The van der Waals surface area contributed by atoms with Gasteiger partial charge in [-0.3, -0.25) is 0 Å². The minimum absolute atomic E-state index is 0.249. The van der Waals surface area contributed by atoms with Crippen LogP contribution in [-0.4, -0.2) is 13.5 Å². The number of hydrogen-bond donors (Lipinski definition) is 2. The van der Waals surface area contributed by atoms with Gasteiger partial charge in [0.15, 0.2) is 0 Å². The van der Waals surface area contributed by atoms with Gasteiger partial charge in [-0.1, -0.05) is 36.4 Å². The van der Waals surface area contributed by atoms with Crippen LogP contribution in [0.5, 0.6) is 5.75 Å². The Bertz CT molecular complexity index is 764. The first kappa shape index (κ1) is 16.6. The summed E-state index contributed by atoms with van der Waals surface area (Å²) in [7, 11) is -3.34. The van der Waals surface area contributed by atoms with Gasteiger partial charge < -0.3 is 10.8 Å². The summed E-state index contributed by atoms with van der Waals surface area (Å²) in [6, 6.07) is 23.3. The van der Waals surface area contributed by atoms with Gasteiger partial charge in [-0.05, 0) is 48.5 Å². The maximum absolute atomic E-state index is 12.0. The lowest BCUT2D eigenvalue weighted by Gasteiger charge is -2.03. The maximum atomic E-state index is 12.0. The van der Waals surface area contributed by atoms with Crippen LogP contribution in [0.3, 0.4) is 0 Å². The molecule has 0 heterocycles. The third-order valence-corrected chi connectivity index (χ3v) is 4.79. The zero-order valence-electron chi connectivity index (χ0n) is 12.3. The first-order valence-electron chi connectivity index (χ1n) is 6.90. The second kappa shape index (κ2) is 7.47. The fourth-order valence-electron chi connectivity index (χ4n) is 1.81. The van der Waals surface area contributed by atoms with E-state index in [0.29, 0.717) is 15.5 Å². The Morgan fingerprint density at radius 3 is 1.39 bits per heavy atom. The SMILES string of the molecule is Nc1ccc(O)cc1.O=S(=O)(c1ccccc1)c1ccccc1. The number of benzene rings is 3. The first-order chi connectivity index (χ1) is 11.0. The van der Waals surface area contributed by atoms with Crippen molar-refractivity contribution in [3.63, 3.8) is 0 Å². The Kier molecular flexibility index (Phi) is 5.38. The summed E-state index contributed by atoms with van der Waals surface area (Å²) in [5.41, 5.74) is 5.98. The number of anilines is 1. The smallest absolute Gasteiger partial charge is 0.206 e. The van der Waals surface area contributed by atoms with E-state index in [1.807, 2.05) is 0 Å². The average molecular weight is 327 g/mol. The van der Waals surface area contributed by atoms with Crippen molar-refractivity contribution in [2.45, 2.75) is 9.79 Å². The van der Waals surface area contributed by atoms with E-state index < -0.39 is 9.84 Å². The van der Waals surface area contributed by atoms with Crippen molar-refractivity contribution < 1.29 is 13.5 Å². The van der Waals surface area contributed by atoms with E-state index in [1.54, 1.807) is 84.9 Å². The molecule has 3 N–H and O–H groups in total. The third kappa shape index (κ3) is 4.59. The van der Waals surface area contributed by atoms with Crippen LogP contribution < -0.4 is 5.73 Å². The number of phenolic OH excluding ortho intramolecular Hbond substituents is 1. The largest absolute Gasteiger partial charge is 0.508 e. The molecule has 0 spiro atoms. The van der Waals surface area contributed by atoms with Crippen LogP contribution in [0, 0.1) is 0 Å². The molecule has 4 nitrogen and oxygen atoms in total. The molecule has 3 rings (SSSR count). The van der Waals surface area contributed by atoms with Crippen molar-refractivity contribution in [2.75, 3.05) is 5.73 Å². The molecule has 0 aliphatic heterocycles. The molecule has 0 radical (unpaired) electrons. The molecule has 0 unspecified atom stereocenters. The number of aromatic hydroxyl groups is 1. The summed E-state index contributed by atoms with van der Waals surface area (Å²) in [4.78, 5) is 0.660. The third-order valence-electron chi connectivity index (χ3n) is 3.00. The van der Waals surface area contributed by atoms with Crippen LogP contribution in [0.4, 0.5) is 5.69 Å². The fraction of sp³-hybridized carbons (Fsp3) is 0. The molecule has 0 amide bonds. The minimum atomic E-state index is -3.34. The molecule has 0 aliphatic rings. The quantitative estimate of drug-likeness (QED) is 0.558. The van der Waals surface area contributed by atoms with E-state index >= 15 is 0 Å². The van der Waals surface area contributed by atoms with E-state index in [0.717, 1.165) is 0 Å².